The van der Waals surface area contributed by atoms with Crippen LogP contribution in [0, 0.1) is 0 Å². The number of alkyl halides is 3. The summed E-state index contributed by atoms with van der Waals surface area (Å²) in [4.78, 5) is 16.4. The van der Waals surface area contributed by atoms with E-state index in [1.807, 2.05) is 4.90 Å². The van der Waals surface area contributed by atoms with Gasteiger partial charge in [-0.25, -0.2) is 4.79 Å². The van der Waals surface area contributed by atoms with Gasteiger partial charge >= 0.3 is 12.2 Å². The number of anilines is 2. The van der Waals surface area contributed by atoms with Crippen molar-refractivity contribution in [3.63, 3.8) is 0 Å². The molecular weight excluding hydrogens is 465 g/mol. The second kappa shape index (κ2) is 10.7. The Morgan fingerprint density at radius 2 is 1.89 bits per heavy atom. The number of halogens is 3. The van der Waals surface area contributed by atoms with E-state index >= 15 is 0 Å². The Bertz CT molecular complexity index is 1010. The van der Waals surface area contributed by atoms with Crippen molar-refractivity contribution in [2.45, 2.75) is 24.4 Å². The number of ether oxygens (including phenoxy) is 2. The first-order valence-corrected chi connectivity index (χ1v) is 11.4. The highest BCUT2D eigenvalue weighted by atomic mass is 19.4. The Hall–Kier alpha value is -3.02. The Morgan fingerprint density at radius 1 is 1.14 bits per heavy atom. The number of hydrogen-bond acceptors (Lipinski definition) is 6. The molecule has 11 heteroatoms. The highest BCUT2D eigenvalue weighted by Gasteiger charge is 2.38. The van der Waals surface area contributed by atoms with Crippen LogP contribution in [0.4, 0.5) is 29.3 Å². The minimum atomic E-state index is -4.37. The number of aliphatic hydroxyl groups excluding tert-OH is 1. The zero-order chi connectivity index (χ0) is 25.0. The number of rotatable bonds is 6. The summed E-state index contributed by atoms with van der Waals surface area (Å²) >= 11 is 0. The summed E-state index contributed by atoms with van der Waals surface area (Å²) in [5.74, 6) is 0.611. The summed E-state index contributed by atoms with van der Waals surface area (Å²) in [6.45, 7) is 3.02. The van der Waals surface area contributed by atoms with E-state index in [0.29, 0.717) is 49.8 Å². The molecule has 3 N–H and O–H groups in total. The van der Waals surface area contributed by atoms with E-state index in [0.717, 1.165) is 6.07 Å². The van der Waals surface area contributed by atoms with Gasteiger partial charge in [-0.3, -0.25) is 4.90 Å². The van der Waals surface area contributed by atoms with E-state index in [4.69, 9.17) is 9.47 Å². The number of piperazine rings is 1. The highest BCUT2D eigenvalue weighted by molar-refractivity contribution is 5.89. The number of nitrogens with zero attached hydrogens (tertiary/aromatic N) is 2. The topological polar surface area (TPSA) is 86.3 Å². The van der Waals surface area contributed by atoms with Crippen molar-refractivity contribution in [3.8, 4) is 5.75 Å². The molecule has 2 aromatic rings. The fourth-order valence-electron chi connectivity index (χ4n) is 4.33. The standard InChI is InChI=1S/C24H29F3N4O4/c1-34-19-7-3-5-17(13-19)28-23(33)29-20-15-35-21(22(20)32)14-30-8-10-31(11-9-30)18-6-2-4-16(12-18)24(25,26)27/h2-7,12-13,20-22,32H,8-11,14-15H2,1H3,(H2,28,29,33)/t20-,21-,22+/m0/s1. The van der Waals surface area contributed by atoms with Crippen molar-refractivity contribution in [2.24, 2.45) is 0 Å². The van der Waals surface area contributed by atoms with Gasteiger partial charge in [0.15, 0.2) is 0 Å². The predicted octanol–water partition coefficient (Wildman–Crippen LogP) is 2.79. The number of urea groups is 1. The van der Waals surface area contributed by atoms with Gasteiger partial charge in [0.05, 0.1) is 31.4 Å². The van der Waals surface area contributed by atoms with E-state index < -0.39 is 36.0 Å². The van der Waals surface area contributed by atoms with E-state index in [-0.39, 0.29) is 6.61 Å². The van der Waals surface area contributed by atoms with Gasteiger partial charge in [-0.05, 0) is 30.3 Å². The average molecular weight is 495 g/mol. The van der Waals surface area contributed by atoms with Crippen LogP contribution >= 0.6 is 0 Å². The lowest BCUT2D eigenvalue weighted by atomic mass is 10.1. The molecule has 2 saturated heterocycles. The number of carbonyl (C=O) groups excluding carboxylic acids is 1. The molecule has 4 rings (SSSR count). The minimum absolute atomic E-state index is 0.182. The Kier molecular flexibility index (Phi) is 7.68. The molecule has 2 amide bonds. The molecule has 0 saturated carbocycles. The van der Waals surface area contributed by atoms with E-state index in [9.17, 15) is 23.1 Å². The number of nitrogens with one attached hydrogen (secondary N) is 2. The first-order chi connectivity index (χ1) is 16.7. The molecule has 190 valence electrons. The summed E-state index contributed by atoms with van der Waals surface area (Å²) in [6, 6.07) is 11.3. The lowest BCUT2D eigenvalue weighted by molar-refractivity contribution is -0.137. The summed E-state index contributed by atoms with van der Waals surface area (Å²) in [6.07, 6.45) is -5.73. The quantitative estimate of drug-likeness (QED) is 0.573. The molecule has 0 spiro atoms. The van der Waals surface area contributed by atoms with Crippen LogP contribution in [-0.4, -0.2) is 80.7 Å². The van der Waals surface area contributed by atoms with Crippen molar-refractivity contribution < 1.29 is 32.5 Å². The van der Waals surface area contributed by atoms with Crippen LogP contribution in [0.2, 0.25) is 0 Å². The van der Waals surface area contributed by atoms with E-state index in [1.165, 1.54) is 19.2 Å². The largest absolute Gasteiger partial charge is 0.497 e. The van der Waals surface area contributed by atoms with Gasteiger partial charge in [-0.2, -0.15) is 13.2 Å². The normalized spacial score (nSPS) is 23.2. The third-order valence-electron chi connectivity index (χ3n) is 6.28. The highest BCUT2D eigenvalue weighted by Crippen LogP contribution is 2.32. The summed E-state index contributed by atoms with van der Waals surface area (Å²) in [5, 5.41) is 16.1. The van der Waals surface area contributed by atoms with Gasteiger partial charge in [-0.15, -0.1) is 0 Å². The molecule has 2 fully saturated rings. The maximum Gasteiger partial charge on any atom is 0.416 e. The SMILES string of the molecule is COc1cccc(NC(=O)N[C@H]2CO[C@@H](CN3CCN(c4cccc(C(F)(F)F)c4)CC3)[C@@H]2O)c1. The second-order valence-corrected chi connectivity index (χ2v) is 8.64. The summed E-state index contributed by atoms with van der Waals surface area (Å²) < 4.78 is 49.9. The van der Waals surface area contributed by atoms with Gasteiger partial charge in [-0.1, -0.05) is 12.1 Å². The molecule has 2 aliphatic heterocycles. The van der Waals surface area contributed by atoms with E-state index in [2.05, 4.69) is 15.5 Å². The molecule has 0 radical (unpaired) electrons. The monoisotopic (exact) mass is 494 g/mol. The fraction of sp³-hybridized carbons (Fsp3) is 0.458. The molecule has 35 heavy (non-hydrogen) atoms. The number of methoxy groups -OCH3 is 1. The molecule has 0 aromatic heterocycles. The molecule has 3 atom stereocenters. The Balaban J connectivity index is 1.24. The number of amides is 2. The fourth-order valence-corrected chi connectivity index (χ4v) is 4.33. The van der Waals surface area contributed by atoms with Crippen molar-refractivity contribution in [3.05, 3.63) is 54.1 Å². The lowest BCUT2D eigenvalue weighted by Gasteiger charge is -2.37. The van der Waals surface area contributed by atoms with Crippen LogP contribution in [0.1, 0.15) is 5.56 Å². The van der Waals surface area contributed by atoms with Gasteiger partial charge in [0, 0.05) is 50.2 Å². The average Bonchev–Trinajstić information content (AvgIpc) is 3.17. The molecule has 0 aliphatic carbocycles. The Labute approximate surface area is 201 Å². The maximum atomic E-state index is 13.0. The maximum absolute atomic E-state index is 13.0. The van der Waals surface area contributed by atoms with Crippen LogP contribution in [-0.2, 0) is 10.9 Å². The van der Waals surface area contributed by atoms with Crippen molar-refractivity contribution in [2.75, 3.05) is 56.7 Å². The molecule has 2 aromatic carbocycles. The van der Waals surface area contributed by atoms with Gasteiger partial charge < -0.3 is 30.1 Å². The smallest absolute Gasteiger partial charge is 0.416 e. The van der Waals surface area contributed by atoms with Gasteiger partial charge in [0.2, 0.25) is 0 Å². The number of benzene rings is 2. The minimum Gasteiger partial charge on any atom is -0.497 e. The predicted molar refractivity (Wildman–Crippen MR) is 125 cm³/mol. The third-order valence-corrected chi connectivity index (χ3v) is 6.28. The lowest BCUT2D eigenvalue weighted by Crippen LogP contribution is -2.51. The molecule has 8 nitrogen and oxygen atoms in total. The van der Waals surface area contributed by atoms with E-state index in [1.54, 1.807) is 30.3 Å². The number of aliphatic hydroxyl groups is 1. The van der Waals surface area contributed by atoms with Crippen LogP contribution in [0.3, 0.4) is 0 Å². The first-order valence-electron chi connectivity index (χ1n) is 11.4. The van der Waals surface area contributed by atoms with Gasteiger partial charge in [0.25, 0.3) is 0 Å². The first kappa shape index (κ1) is 25.1. The Morgan fingerprint density at radius 3 is 2.60 bits per heavy atom. The second-order valence-electron chi connectivity index (χ2n) is 8.64. The molecule has 2 heterocycles. The van der Waals surface area contributed by atoms with Crippen LogP contribution in [0.25, 0.3) is 0 Å². The van der Waals surface area contributed by atoms with Crippen molar-refractivity contribution in [1.82, 2.24) is 10.2 Å². The number of hydrogen-bond donors (Lipinski definition) is 3. The number of carbonyl (C=O) groups is 1. The van der Waals surface area contributed by atoms with Crippen LogP contribution < -0.4 is 20.3 Å². The molecular formula is C24H29F3N4O4. The summed E-state index contributed by atoms with van der Waals surface area (Å²) in [5.41, 5.74) is 0.447. The van der Waals surface area contributed by atoms with Gasteiger partial charge in [0.1, 0.15) is 11.9 Å². The van der Waals surface area contributed by atoms with Crippen LogP contribution in [0.15, 0.2) is 48.5 Å². The zero-order valence-corrected chi connectivity index (χ0v) is 19.3. The molecule has 2 aliphatic rings. The van der Waals surface area contributed by atoms with Crippen molar-refractivity contribution in [1.29, 1.82) is 0 Å². The molecule has 0 unspecified atom stereocenters. The van der Waals surface area contributed by atoms with Crippen LogP contribution in [0.5, 0.6) is 5.75 Å². The third kappa shape index (κ3) is 6.36. The summed E-state index contributed by atoms with van der Waals surface area (Å²) in [7, 11) is 1.54. The molecule has 0 bridgehead atoms. The van der Waals surface area contributed by atoms with Crippen molar-refractivity contribution >= 4 is 17.4 Å². The zero-order valence-electron chi connectivity index (χ0n) is 19.3.